The van der Waals surface area contributed by atoms with Crippen molar-refractivity contribution < 1.29 is 19.1 Å². The van der Waals surface area contributed by atoms with Gasteiger partial charge < -0.3 is 9.47 Å². The zero-order chi connectivity index (χ0) is 14.9. The van der Waals surface area contributed by atoms with E-state index in [0.29, 0.717) is 11.1 Å². The Bertz CT molecular complexity index is 618. The largest absolute Gasteiger partial charge is 0.458 e. The minimum atomic E-state index is -0.457. The highest BCUT2D eigenvalue weighted by atomic mass is 16.5. The van der Waals surface area contributed by atoms with Gasteiger partial charge in [-0.2, -0.15) is 0 Å². The maximum Gasteiger partial charge on any atom is 0.342 e. The van der Waals surface area contributed by atoms with Crippen LogP contribution in [0, 0.1) is 0 Å². The van der Waals surface area contributed by atoms with Gasteiger partial charge in [-0.15, -0.1) is 0 Å². The fraction of sp³-hybridized carbons (Fsp3) is 0.0588. The third kappa shape index (κ3) is 4.62. The molecule has 2 aromatic carbocycles. The molecule has 0 aromatic heterocycles. The highest BCUT2D eigenvalue weighted by Crippen LogP contribution is 2.02. The van der Waals surface area contributed by atoms with Crippen molar-refractivity contribution >= 4 is 11.9 Å². The number of hydrogen-bond donors (Lipinski definition) is 0. The molecule has 4 nitrogen and oxygen atoms in total. The van der Waals surface area contributed by atoms with Gasteiger partial charge in [0.2, 0.25) is 0 Å². The summed E-state index contributed by atoms with van der Waals surface area (Å²) in [5.41, 5.74) is 0.940. The summed E-state index contributed by atoms with van der Waals surface area (Å²) in [6, 6.07) is 17.3. The molecule has 0 aliphatic heterocycles. The molecule has 0 fully saturated rings. The lowest BCUT2D eigenvalue weighted by Gasteiger charge is -2.01. The van der Waals surface area contributed by atoms with Crippen LogP contribution in [0.3, 0.4) is 0 Å². The predicted molar refractivity (Wildman–Crippen MR) is 77.7 cm³/mol. The lowest BCUT2D eigenvalue weighted by Crippen LogP contribution is -2.05. The number of esters is 2. The van der Waals surface area contributed by atoms with Crippen LogP contribution >= 0.6 is 0 Å². The maximum absolute atomic E-state index is 11.6. The topological polar surface area (TPSA) is 52.6 Å². The summed E-state index contributed by atoms with van der Waals surface area (Å²) in [4.78, 5) is 23.2. The number of ether oxygens (including phenoxy) is 2. The van der Waals surface area contributed by atoms with Crippen LogP contribution in [-0.4, -0.2) is 18.5 Å². The van der Waals surface area contributed by atoms with Crippen molar-refractivity contribution in [1.29, 1.82) is 0 Å². The van der Waals surface area contributed by atoms with Gasteiger partial charge in [0.15, 0.2) is 0 Å². The molecule has 0 saturated heterocycles. The number of rotatable bonds is 5. The van der Waals surface area contributed by atoms with Crippen LogP contribution in [0.2, 0.25) is 0 Å². The summed E-state index contributed by atoms with van der Waals surface area (Å²) in [5.74, 6) is -0.879. The van der Waals surface area contributed by atoms with E-state index in [1.54, 1.807) is 48.5 Å². The Morgan fingerprint density at radius 3 is 1.90 bits per heavy atom. The van der Waals surface area contributed by atoms with Crippen LogP contribution in [0.25, 0.3) is 0 Å². The molecule has 0 saturated carbocycles. The summed E-state index contributed by atoms with van der Waals surface area (Å²) in [5, 5.41) is 0. The number of benzene rings is 2. The van der Waals surface area contributed by atoms with E-state index in [2.05, 4.69) is 0 Å². The molecule has 0 atom stereocenters. The van der Waals surface area contributed by atoms with Crippen molar-refractivity contribution in [1.82, 2.24) is 0 Å². The molecule has 4 heteroatoms. The minimum Gasteiger partial charge on any atom is -0.458 e. The first-order chi connectivity index (χ1) is 10.3. The van der Waals surface area contributed by atoms with E-state index in [9.17, 15) is 9.59 Å². The molecular weight excluding hydrogens is 268 g/mol. The SMILES string of the molecule is O=C(OC=CCOC(=O)c1ccccc1)c1ccccc1. The first-order valence-electron chi connectivity index (χ1n) is 6.40. The molecule has 0 amide bonds. The molecule has 0 aliphatic rings. The molecule has 21 heavy (non-hydrogen) atoms. The van der Waals surface area contributed by atoms with Gasteiger partial charge in [0.25, 0.3) is 0 Å². The van der Waals surface area contributed by atoms with E-state index in [-0.39, 0.29) is 6.61 Å². The fourth-order valence-corrected chi connectivity index (χ4v) is 1.57. The first-order valence-corrected chi connectivity index (χ1v) is 6.40. The standard InChI is InChI=1S/C17H14O4/c18-16(14-8-3-1-4-9-14)20-12-7-13-21-17(19)15-10-5-2-6-11-15/h1-12H,13H2. The minimum absolute atomic E-state index is 0.0375. The monoisotopic (exact) mass is 282 g/mol. The van der Waals surface area contributed by atoms with Crippen molar-refractivity contribution in [2.45, 2.75) is 0 Å². The Hall–Kier alpha value is -2.88. The molecule has 0 spiro atoms. The predicted octanol–water partition coefficient (Wildman–Crippen LogP) is 3.21. The number of carbonyl (C=O) groups excluding carboxylic acids is 2. The van der Waals surface area contributed by atoms with E-state index in [0.717, 1.165) is 0 Å². The van der Waals surface area contributed by atoms with Crippen LogP contribution in [0.4, 0.5) is 0 Å². The van der Waals surface area contributed by atoms with E-state index in [1.165, 1.54) is 12.3 Å². The molecule has 2 aromatic rings. The summed E-state index contributed by atoms with van der Waals surface area (Å²) < 4.78 is 9.90. The van der Waals surface area contributed by atoms with E-state index in [4.69, 9.17) is 9.47 Å². The van der Waals surface area contributed by atoms with Crippen molar-refractivity contribution in [3.05, 3.63) is 84.1 Å². The third-order valence-electron chi connectivity index (χ3n) is 2.60. The van der Waals surface area contributed by atoms with E-state index < -0.39 is 11.9 Å². The molecule has 0 radical (unpaired) electrons. The lowest BCUT2D eigenvalue weighted by atomic mass is 10.2. The van der Waals surface area contributed by atoms with Crippen LogP contribution in [-0.2, 0) is 9.47 Å². The van der Waals surface area contributed by atoms with Crippen molar-refractivity contribution in [2.75, 3.05) is 6.61 Å². The van der Waals surface area contributed by atoms with Crippen molar-refractivity contribution in [3.8, 4) is 0 Å². The molecule has 2 rings (SSSR count). The van der Waals surface area contributed by atoms with Gasteiger partial charge in [0.05, 0.1) is 17.4 Å². The van der Waals surface area contributed by atoms with Gasteiger partial charge in [-0.1, -0.05) is 36.4 Å². The molecular formula is C17H14O4. The molecule has 106 valence electrons. The smallest absolute Gasteiger partial charge is 0.342 e. The quantitative estimate of drug-likeness (QED) is 0.624. The average Bonchev–Trinajstić information content (AvgIpc) is 2.55. The summed E-state index contributed by atoms with van der Waals surface area (Å²) in [6.07, 6.45) is 2.68. The van der Waals surface area contributed by atoms with Gasteiger partial charge in [-0.25, -0.2) is 9.59 Å². The van der Waals surface area contributed by atoms with E-state index >= 15 is 0 Å². The second-order valence-electron chi connectivity index (χ2n) is 4.11. The average molecular weight is 282 g/mol. The van der Waals surface area contributed by atoms with Gasteiger partial charge in [0.1, 0.15) is 6.61 Å². The van der Waals surface area contributed by atoms with Crippen LogP contribution in [0.5, 0.6) is 0 Å². The Morgan fingerprint density at radius 2 is 1.33 bits per heavy atom. The fourth-order valence-electron chi connectivity index (χ4n) is 1.57. The van der Waals surface area contributed by atoms with Crippen LogP contribution < -0.4 is 0 Å². The third-order valence-corrected chi connectivity index (χ3v) is 2.60. The zero-order valence-corrected chi connectivity index (χ0v) is 11.3. The maximum atomic E-state index is 11.6. The van der Waals surface area contributed by atoms with Crippen molar-refractivity contribution in [3.63, 3.8) is 0 Å². The van der Waals surface area contributed by atoms with Gasteiger partial charge >= 0.3 is 11.9 Å². The summed E-state index contributed by atoms with van der Waals surface area (Å²) in [7, 11) is 0. The van der Waals surface area contributed by atoms with Crippen LogP contribution in [0.15, 0.2) is 73.0 Å². The Morgan fingerprint density at radius 1 is 0.810 bits per heavy atom. The molecule has 0 aliphatic carbocycles. The highest BCUT2D eigenvalue weighted by molar-refractivity contribution is 5.90. The molecule has 0 N–H and O–H groups in total. The summed E-state index contributed by atoms with van der Waals surface area (Å²) in [6.45, 7) is 0.0375. The normalized spacial score (nSPS) is 10.3. The second-order valence-corrected chi connectivity index (χ2v) is 4.11. The Balaban J connectivity index is 1.74. The zero-order valence-electron chi connectivity index (χ0n) is 11.3. The summed E-state index contributed by atoms with van der Waals surface area (Å²) >= 11 is 0. The lowest BCUT2D eigenvalue weighted by molar-refractivity contribution is 0.0546. The first kappa shape index (κ1) is 14.5. The second kappa shape index (κ2) is 7.65. The Labute approximate surface area is 122 Å². The van der Waals surface area contributed by atoms with Crippen LogP contribution in [0.1, 0.15) is 20.7 Å². The highest BCUT2D eigenvalue weighted by Gasteiger charge is 2.05. The molecule has 0 bridgehead atoms. The molecule has 0 unspecified atom stereocenters. The molecule has 0 heterocycles. The van der Waals surface area contributed by atoms with E-state index in [1.807, 2.05) is 12.1 Å². The van der Waals surface area contributed by atoms with Gasteiger partial charge in [0, 0.05) is 0 Å². The van der Waals surface area contributed by atoms with Gasteiger partial charge in [-0.05, 0) is 30.3 Å². The number of carbonyl (C=O) groups is 2. The van der Waals surface area contributed by atoms with Crippen molar-refractivity contribution in [2.24, 2.45) is 0 Å². The number of hydrogen-bond acceptors (Lipinski definition) is 4. The Kier molecular flexibility index (Phi) is 5.29. The van der Waals surface area contributed by atoms with Gasteiger partial charge in [-0.3, -0.25) is 0 Å².